The fourth-order valence-corrected chi connectivity index (χ4v) is 5.00. The van der Waals surface area contributed by atoms with Crippen LogP contribution in [0.4, 0.5) is 0 Å². The number of carbonyl (C=O) groups is 1. The van der Waals surface area contributed by atoms with E-state index in [9.17, 15) is 13.2 Å². The lowest BCUT2D eigenvalue weighted by atomic mass is 10.0. The highest BCUT2D eigenvalue weighted by molar-refractivity contribution is 7.88. The average molecular weight is 346 g/mol. The molecule has 3 aliphatic heterocycles. The fraction of sp³-hybridized carbons (Fsp3) is 0.933. The Labute approximate surface area is 138 Å². The normalized spacial score (nSPS) is 32.2. The molecule has 0 spiro atoms. The lowest BCUT2D eigenvalue weighted by Crippen LogP contribution is -2.45. The Kier molecular flexibility index (Phi) is 5.25. The van der Waals surface area contributed by atoms with Gasteiger partial charge in [-0.1, -0.05) is 0 Å². The molecular weight excluding hydrogens is 320 g/mol. The highest BCUT2D eigenvalue weighted by Gasteiger charge is 2.43. The van der Waals surface area contributed by atoms with Gasteiger partial charge < -0.3 is 14.4 Å². The Morgan fingerprint density at radius 3 is 2.61 bits per heavy atom. The van der Waals surface area contributed by atoms with Gasteiger partial charge in [0.15, 0.2) is 0 Å². The molecule has 0 aromatic heterocycles. The van der Waals surface area contributed by atoms with Crippen LogP contribution in [0.5, 0.6) is 0 Å². The maximum atomic E-state index is 11.9. The summed E-state index contributed by atoms with van der Waals surface area (Å²) in [6, 6.07) is -0.0347. The maximum Gasteiger partial charge on any atom is 0.248 e. The second-order valence-corrected chi connectivity index (χ2v) is 8.64. The van der Waals surface area contributed by atoms with Crippen molar-refractivity contribution >= 4 is 15.9 Å². The largest absolute Gasteiger partial charge is 0.371 e. The van der Waals surface area contributed by atoms with Crippen LogP contribution < -0.4 is 0 Å². The zero-order valence-corrected chi connectivity index (χ0v) is 14.5. The number of hydrogen-bond donors (Lipinski definition) is 0. The van der Waals surface area contributed by atoms with E-state index >= 15 is 0 Å². The van der Waals surface area contributed by atoms with Crippen molar-refractivity contribution in [3.05, 3.63) is 0 Å². The number of rotatable bonds is 5. The number of nitrogens with zero attached hydrogens (tertiary/aromatic N) is 2. The Hall–Kier alpha value is -0.700. The number of amides is 1. The SMILES string of the molecule is CS(=O)(=O)N1CC[C@@H]2O[C@@H](COCC(=O)N3CCCC3)CC[C@@H]21. The van der Waals surface area contributed by atoms with E-state index in [1.54, 1.807) is 4.31 Å². The Balaban J connectivity index is 1.41. The molecule has 3 aliphatic rings. The van der Waals surface area contributed by atoms with Crippen molar-refractivity contribution in [2.45, 2.75) is 50.4 Å². The Morgan fingerprint density at radius 2 is 1.91 bits per heavy atom. The van der Waals surface area contributed by atoms with E-state index in [0.29, 0.717) is 13.2 Å². The van der Waals surface area contributed by atoms with Crippen LogP contribution in [-0.2, 0) is 24.3 Å². The second kappa shape index (κ2) is 7.04. The van der Waals surface area contributed by atoms with Crippen LogP contribution in [0.2, 0.25) is 0 Å². The molecule has 8 heteroatoms. The first-order valence-corrected chi connectivity index (χ1v) is 10.3. The summed E-state index contributed by atoms with van der Waals surface area (Å²) in [5, 5.41) is 0. The molecule has 0 unspecified atom stereocenters. The molecule has 0 saturated carbocycles. The van der Waals surface area contributed by atoms with Crippen LogP contribution in [0, 0.1) is 0 Å². The van der Waals surface area contributed by atoms with Crippen molar-refractivity contribution in [3.8, 4) is 0 Å². The van der Waals surface area contributed by atoms with E-state index in [4.69, 9.17) is 9.47 Å². The standard InChI is InChI=1S/C15H26N2O5S/c1-23(19,20)17-9-6-14-13(17)5-4-12(22-14)10-21-11-15(18)16-7-2-3-8-16/h12-14H,2-11H2,1H3/t12-,13+,14+/m1/s1. The molecule has 132 valence electrons. The van der Waals surface area contributed by atoms with Crippen molar-refractivity contribution in [3.63, 3.8) is 0 Å². The molecule has 1 amide bonds. The topological polar surface area (TPSA) is 76.1 Å². The molecule has 3 heterocycles. The van der Waals surface area contributed by atoms with Gasteiger partial charge in [0.2, 0.25) is 15.9 Å². The first kappa shape index (κ1) is 17.1. The molecule has 0 aliphatic carbocycles. The van der Waals surface area contributed by atoms with Crippen LogP contribution in [0.1, 0.15) is 32.1 Å². The molecule has 0 aromatic rings. The fourth-order valence-electron chi connectivity index (χ4n) is 3.83. The first-order valence-electron chi connectivity index (χ1n) is 8.43. The second-order valence-electron chi connectivity index (χ2n) is 6.71. The molecule has 3 saturated heterocycles. The summed E-state index contributed by atoms with van der Waals surface area (Å²) in [4.78, 5) is 13.8. The van der Waals surface area contributed by atoms with Crippen molar-refractivity contribution in [1.29, 1.82) is 0 Å². The van der Waals surface area contributed by atoms with Gasteiger partial charge in [-0.05, 0) is 32.1 Å². The van der Waals surface area contributed by atoms with E-state index in [0.717, 1.165) is 45.2 Å². The van der Waals surface area contributed by atoms with Gasteiger partial charge in [-0.15, -0.1) is 0 Å². The van der Waals surface area contributed by atoms with Gasteiger partial charge >= 0.3 is 0 Å². The summed E-state index contributed by atoms with van der Waals surface area (Å²) in [5.41, 5.74) is 0. The molecule has 0 radical (unpaired) electrons. The lowest BCUT2D eigenvalue weighted by Gasteiger charge is -2.35. The van der Waals surface area contributed by atoms with Crippen LogP contribution >= 0.6 is 0 Å². The quantitative estimate of drug-likeness (QED) is 0.711. The zero-order chi connectivity index (χ0) is 16.4. The number of likely N-dealkylation sites (tertiary alicyclic amines) is 1. The van der Waals surface area contributed by atoms with E-state index in [-0.39, 0.29) is 30.8 Å². The van der Waals surface area contributed by atoms with E-state index in [2.05, 4.69) is 0 Å². The number of sulfonamides is 1. The van der Waals surface area contributed by atoms with Crippen LogP contribution in [0.15, 0.2) is 0 Å². The minimum atomic E-state index is -3.16. The number of carbonyl (C=O) groups excluding carboxylic acids is 1. The lowest BCUT2D eigenvalue weighted by molar-refractivity contribution is -0.139. The summed E-state index contributed by atoms with van der Waals surface area (Å²) < 4.78 is 36.6. The zero-order valence-electron chi connectivity index (χ0n) is 13.6. The molecule has 3 atom stereocenters. The maximum absolute atomic E-state index is 11.9. The minimum Gasteiger partial charge on any atom is -0.371 e. The molecule has 3 rings (SSSR count). The van der Waals surface area contributed by atoms with Crippen LogP contribution in [0.25, 0.3) is 0 Å². The Morgan fingerprint density at radius 1 is 1.17 bits per heavy atom. The van der Waals surface area contributed by atoms with Crippen molar-refractivity contribution < 1.29 is 22.7 Å². The third kappa shape index (κ3) is 4.04. The number of fused-ring (bicyclic) bond motifs is 1. The summed E-state index contributed by atoms with van der Waals surface area (Å²) in [6.45, 7) is 2.74. The summed E-state index contributed by atoms with van der Waals surface area (Å²) >= 11 is 0. The van der Waals surface area contributed by atoms with Crippen LogP contribution in [0.3, 0.4) is 0 Å². The van der Waals surface area contributed by atoms with Crippen molar-refractivity contribution in [2.24, 2.45) is 0 Å². The predicted molar refractivity (Wildman–Crippen MR) is 84.5 cm³/mol. The summed E-state index contributed by atoms with van der Waals surface area (Å²) in [6.07, 6.45) is 5.64. The smallest absolute Gasteiger partial charge is 0.248 e. The Bertz CT molecular complexity index is 532. The summed E-state index contributed by atoms with van der Waals surface area (Å²) in [7, 11) is -3.16. The predicted octanol–water partition coefficient (Wildman–Crippen LogP) is 0.207. The van der Waals surface area contributed by atoms with Gasteiger partial charge in [0, 0.05) is 19.6 Å². The third-order valence-electron chi connectivity index (χ3n) is 5.00. The molecule has 23 heavy (non-hydrogen) atoms. The highest BCUT2D eigenvalue weighted by atomic mass is 32.2. The number of hydrogen-bond acceptors (Lipinski definition) is 5. The van der Waals surface area contributed by atoms with Gasteiger partial charge in [0.05, 0.1) is 31.1 Å². The van der Waals surface area contributed by atoms with E-state index in [1.807, 2.05) is 4.90 Å². The molecule has 0 N–H and O–H groups in total. The van der Waals surface area contributed by atoms with Gasteiger partial charge in [-0.3, -0.25) is 4.79 Å². The van der Waals surface area contributed by atoms with Gasteiger partial charge in [0.1, 0.15) is 6.61 Å². The van der Waals surface area contributed by atoms with Crippen molar-refractivity contribution in [1.82, 2.24) is 9.21 Å². The summed E-state index contributed by atoms with van der Waals surface area (Å²) in [5.74, 6) is 0.0558. The average Bonchev–Trinajstić information content (AvgIpc) is 3.15. The molecule has 0 aromatic carbocycles. The van der Waals surface area contributed by atoms with Crippen molar-refractivity contribution in [2.75, 3.05) is 39.1 Å². The van der Waals surface area contributed by atoms with Gasteiger partial charge in [-0.25, -0.2) is 8.42 Å². The first-order chi connectivity index (χ1) is 10.9. The van der Waals surface area contributed by atoms with Gasteiger partial charge in [0.25, 0.3) is 0 Å². The monoisotopic (exact) mass is 346 g/mol. The highest BCUT2D eigenvalue weighted by Crippen LogP contribution is 2.32. The van der Waals surface area contributed by atoms with E-state index < -0.39 is 10.0 Å². The molecule has 3 fully saturated rings. The van der Waals surface area contributed by atoms with Gasteiger partial charge in [-0.2, -0.15) is 4.31 Å². The minimum absolute atomic E-state index is 0.0347. The van der Waals surface area contributed by atoms with Crippen LogP contribution in [-0.4, -0.2) is 80.9 Å². The molecule has 0 bridgehead atoms. The van der Waals surface area contributed by atoms with E-state index in [1.165, 1.54) is 6.26 Å². The molecule has 7 nitrogen and oxygen atoms in total. The number of ether oxygens (including phenoxy) is 2. The third-order valence-corrected chi connectivity index (χ3v) is 6.30. The molecular formula is C15H26N2O5S.